The molecule has 0 saturated heterocycles. The first-order chi connectivity index (χ1) is 9.69. The van der Waals surface area contributed by atoms with E-state index in [2.05, 4.69) is 37.7 Å². The Morgan fingerprint density at radius 1 is 1.00 bits per heavy atom. The van der Waals surface area contributed by atoms with Crippen LogP contribution in [0.5, 0.6) is 0 Å². The van der Waals surface area contributed by atoms with E-state index in [-0.39, 0.29) is 0 Å². The summed E-state index contributed by atoms with van der Waals surface area (Å²) < 4.78 is 0. The molecule has 0 radical (unpaired) electrons. The van der Waals surface area contributed by atoms with Crippen LogP contribution < -0.4 is 15.5 Å². The SMILES string of the molecule is CNc1nc(NCCc2ccccc2)nc(N(C)C)n1. The minimum Gasteiger partial charge on any atom is -0.357 e. The lowest BCUT2D eigenvalue weighted by molar-refractivity contribution is 0.931. The fourth-order valence-electron chi connectivity index (χ4n) is 1.72. The van der Waals surface area contributed by atoms with Gasteiger partial charge < -0.3 is 15.5 Å². The summed E-state index contributed by atoms with van der Waals surface area (Å²) in [4.78, 5) is 14.8. The van der Waals surface area contributed by atoms with Gasteiger partial charge >= 0.3 is 0 Å². The molecule has 0 unspecified atom stereocenters. The number of benzene rings is 1. The summed E-state index contributed by atoms with van der Waals surface area (Å²) in [5.74, 6) is 1.78. The average Bonchev–Trinajstić information content (AvgIpc) is 2.48. The number of nitrogens with one attached hydrogen (secondary N) is 2. The smallest absolute Gasteiger partial charge is 0.231 e. The van der Waals surface area contributed by atoms with Crippen molar-refractivity contribution in [2.24, 2.45) is 0 Å². The molecule has 2 rings (SSSR count). The fraction of sp³-hybridized carbons (Fsp3) is 0.357. The minimum absolute atomic E-state index is 0.561. The Morgan fingerprint density at radius 2 is 1.70 bits per heavy atom. The van der Waals surface area contributed by atoms with Gasteiger partial charge in [0.05, 0.1) is 0 Å². The van der Waals surface area contributed by atoms with E-state index < -0.39 is 0 Å². The number of nitrogens with zero attached hydrogens (tertiary/aromatic N) is 4. The molecular formula is C14H20N6. The summed E-state index contributed by atoms with van der Waals surface area (Å²) in [7, 11) is 5.60. The quantitative estimate of drug-likeness (QED) is 0.833. The molecule has 106 valence electrons. The lowest BCUT2D eigenvalue weighted by Gasteiger charge is -2.13. The Hall–Kier alpha value is -2.37. The van der Waals surface area contributed by atoms with Gasteiger partial charge in [-0.1, -0.05) is 30.3 Å². The van der Waals surface area contributed by atoms with Crippen LogP contribution >= 0.6 is 0 Å². The molecule has 6 nitrogen and oxygen atoms in total. The van der Waals surface area contributed by atoms with E-state index in [4.69, 9.17) is 0 Å². The van der Waals surface area contributed by atoms with Crippen LogP contribution in [0.25, 0.3) is 0 Å². The second kappa shape index (κ2) is 6.70. The fourth-order valence-corrected chi connectivity index (χ4v) is 1.72. The maximum absolute atomic E-state index is 4.36. The zero-order chi connectivity index (χ0) is 14.4. The van der Waals surface area contributed by atoms with Crippen LogP contribution in [-0.4, -0.2) is 42.6 Å². The van der Waals surface area contributed by atoms with Crippen molar-refractivity contribution in [3.8, 4) is 0 Å². The molecule has 1 aromatic heterocycles. The van der Waals surface area contributed by atoms with Crippen molar-refractivity contribution in [3.63, 3.8) is 0 Å². The van der Waals surface area contributed by atoms with E-state index >= 15 is 0 Å². The molecule has 0 spiro atoms. The zero-order valence-electron chi connectivity index (χ0n) is 12.1. The molecule has 0 aliphatic heterocycles. The van der Waals surface area contributed by atoms with Gasteiger partial charge in [-0.05, 0) is 12.0 Å². The van der Waals surface area contributed by atoms with Gasteiger partial charge in [0, 0.05) is 27.7 Å². The van der Waals surface area contributed by atoms with Crippen molar-refractivity contribution in [1.29, 1.82) is 0 Å². The van der Waals surface area contributed by atoms with Crippen LogP contribution in [0.2, 0.25) is 0 Å². The van der Waals surface area contributed by atoms with Crippen LogP contribution in [0.3, 0.4) is 0 Å². The summed E-state index contributed by atoms with van der Waals surface area (Å²) >= 11 is 0. The predicted molar refractivity (Wildman–Crippen MR) is 82.3 cm³/mol. The number of hydrogen-bond donors (Lipinski definition) is 2. The van der Waals surface area contributed by atoms with Gasteiger partial charge in [-0.3, -0.25) is 0 Å². The van der Waals surface area contributed by atoms with Crippen molar-refractivity contribution in [2.75, 3.05) is 43.2 Å². The maximum atomic E-state index is 4.36. The molecule has 2 aromatic rings. The highest BCUT2D eigenvalue weighted by Gasteiger charge is 2.06. The molecule has 2 N–H and O–H groups in total. The van der Waals surface area contributed by atoms with Gasteiger partial charge in [0.1, 0.15) is 0 Å². The Labute approximate surface area is 119 Å². The number of anilines is 3. The highest BCUT2D eigenvalue weighted by atomic mass is 15.3. The normalized spacial score (nSPS) is 10.2. The lowest BCUT2D eigenvalue weighted by Crippen LogP contribution is -2.17. The first-order valence-corrected chi connectivity index (χ1v) is 6.58. The lowest BCUT2D eigenvalue weighted by atomic mass is 10.1. The standard InChI is InChI=1S/C14H20N6/c1-15-12-17-13(19-14(18-12)20(2)3)16-10-9-11-7-5-4-6-8-11/h4-8H,9-10H2,1-3H3,(H2,15,16,17,18,19). The largest absolute Gasteiger partial charge is 0.357 e. The second-order valence-electron chi connectivity index (χ2n) is 4.59. The topological polar surface area (TPSA) is 66.0 Å². The molecule has 6 heteroatoms. The molecule has 0 fully saturated rings. The third-order valence-corrected chi connectivity index (χ3v) is 2.79. The van der Waals surface area contributed by atoms with Gasteiger partial charge in [-0.2, -0.15) is 15.0 Å². The summed E-state index contributed by atoms with van der Waals surface area (Å²) in [6.07, 6.45) is 0.929. The molecule has 0 saturated carbocycles. The number of hydrogen-bond acceptors (Lipinski definition) is 6. The molecule has 20 heavy (non-hydrogen) atoms. The third-order valence-electron chi connectivity index (χ3n) is 2.79. The van der Waals surface area contributed by atoms with E-state index in [9.17, 15) is 0 Å². The second-order valence-corrected chi connectivity index (χ2v) is 4.59. The molecule has 0 aliphatic rings. The van der Waals surface area contributed by atoms with Crippen LogP contribution in [0, 0.1) is 0 Å². The Kier molecular flexibility index (Phi) is 4.70. The number of rotatable bonds is 6. The van der Waals surface area contributed by atoms with Crippen molar-refractivity contribution in [3.05, 3.63) is 35.9 Å². The van der Waals surface area contributed by atoms with Gasteiger partial charge in [0.15, 0.2) is 0 Å². The van der Waals surface area contributed by atoms with Gasteiger partial charge in [-0.25, -0.2) is 0 Å². The van der Waals surface area contributed by atoms with Crippen LogP contribution in [0.15, 0.2) is 30.3 Å². The Morgan fingerprint density at radius 3 is 2.35 bits per heavy atom. The Bertz CT molecular complexity index is 541. The van der Waals surface area contributed by atoms with Gasteiger partial charge in [-0.15, -0.1) is 0 Å². The van der Waals surface area contributed by atoms with Gasteiger partial charge in [0.2, 0.25) is 17.8 Å². The first kappa shape index (κ1) is 14.0. The van der Waals surface area contributed by atoms with Crippen LogP contribution in [0.1, 0.15) is 5.56 Å². The van der Waals surface area contributed by atoms with Crippen LogP contribution in [0.4, 0.5) is 17.8 Å². The molecule has 0 atom stereocenters. The van der Waals surface area contributed by atoms with Crippen molar-refractivity contribution >= 4 is 17.8 Å². The minimum atomic E-state index is 0.561. The first-order valence-electron chi connectivity index (χ1n) is 6.58. The zero-order valence-corrected chi connectivity index (χ0v) is 12.1. The van der Waals surface area contributed by atoms with E-state index in [1.54, 1.807) is 7.05 Å². The summed E-state index contributed by atoms with van der Waals surface area (Å²) in [6, 6.07) is 10.3. The molecule has 0 aliphatic carbocycles. The van der Waals surface area contributed by atoms with Crippen molar-refractivity contribution < 1.29 is 0 Å². The average molecular weight is 272 g/mol. The molecule has 1 heterocycles. The predicted octanol–water partition coefficient (Wildman–Crippen LogP) is 1.63. The van der Waals surface area contributed by atoms with E-state index in [1.165, 1.54) is 5.56 Å². The highest BCUT2D eigenvalue weighted by molar-refractivity contribution is 5.42. The molecule has 1 aromatic carbocycles. The van der Waals surface area contributed by atoms with E-state index in [1.807, 2.05) is 37.2 Å². The summed E-state index contributed by atoms with van der Waals surface area (Å²) in [5, 5.41) is 6.18. The van der Waals surface area contributed by atoms with Gasteiger partial charge in [0.25, 0.3) is 0 Å². The Balaban J connectivity index is 2.00. The maximum Gasteiger partial charge on any atom is 0.231 e. The monoisotopic (exact) mass is 272 g/mol. The van der Waals surface area contributed by atoms with Crippen LogP contribution in [-0.2, 0) is 6.42 Å². The van der Waals surface area contributed by atoms with Crippen molar-refractivity contribution in [2.45, 2.75) is 6.42 Å². The third kappa shape index (κ3) is 3.81. The molecular weight excluding hydrogens is 252 g/mol. The van der Waals surface area contributed by atoms with E-state index in [0.29, 0.717) is 17.8 Å². The summed E-state index contributed by atoms with van der Waals surface area (Å²) in [6.45, 7) is 0.782. The number of aromatic nitrogens is 3. The molecule has 0 bridgehead atoms. The highest BCUT2D eigenvalue weighted by Crippen LogP contribution is 2.11. The molecule has 0 amide bonds. The van der Waals surface area contributed by atoms with Crippen molar-refractivity contribution in [1.82, 2.24) is 15.0 Å². The summed E-state index contributed by atoms with van der Waals surface area (Å²) in [5.41, 5.74) is 1.29. The van der Waals surface area contributed by atoms with E-state index in [0.717, 1.165) is 13.0 Å².